The lowest BCUT2D eigenvalue weighted by molar-refractivity contribution is 0.302. The summed E-state index contributed by atoms with van der Waals surface area (Å²) in [6, 6.07) is 8.55. The lowest BCUT2D eigenvalue weighted by Gasteiger charge is -2.29. The monoisotopic (exact) mass is 334 g/mol. The van der Waals surface area contributed by atoms with E-state index in [9.17, 15) is 0 Å². The summed E-state index contributed by atoms with van der Waals surface area (Å²) in [6.45, 7) is 2.29. The first-order valence-electron chi connectivity index (χ1n) is 10.0. The van der Waals surface area contributed by atoms with Gasteiger partial charge in [-0.25, -0.2) is 0 Å². The van der Waals surface area contributed by atoms with Gasteiger partial charge in [0.25, 0.3) is 0 Å². The third-order valence-electron chi connectivity index (χ3n) is 5.65. The first kappa shape index (κ1) is 18.8. The van der Waals surface area contributed by atoms with E-state index >= 15 is 0 Å². The van der Waals surface area contributed by atoms with Crippen molar-refractivity contribution in [2.24, 2.45) is 5.92 Å². The standard InChI is InChI=1S/C22H35Cl/c1-2-3-4-5-6-7-8-9-10-19-11-13-20(14-12-19)21-15-17-22(23)18-16-21/h15-20H,2-14H2,1H3. The summed E-state index contributed by atoms with van der Waals surface area (Å²) >= 11 is 5.99. The van der Waals surface area contributed by atoms with Crippen LogP contribution in [-0.4, -0.2) is 0 Å². The fraction of sp³-hybridized carbons (Fsp3) is 0.727. The number of halogens is 1. The van der Waals surface area contributed by atoms with E-state index in [0.717, 1.165) is 16.9 Å². The fourth-order valence-electron chi connectivity index (χ4n) is 4.09. The smallest absolute Gasteiger partial charge is 0.0406 e. The van der Waals surface area contributed by atoms with Gasteiger partial charge >= 0.3 is 0 Å². The van der Waals surface area contributed by atoms with Crippen LogP contribution in [0.1, 0.15) is 102 Å². The van der Waals surface area contributed by atoms with E-state index in [1.54, 1.807) is 0 Å². The molecule has 0 spiro atoms. The van der Waals surface area contributed by atoms with E-state index in [0.29, 0.717) is 0 Å². The second kappa shape index (κ2) is 11.1. The van der Waals surface area contributed by atoms with Crippen LogP contribution < -0.4 is 0 Å². The average Bonchev–Trinajstić information content (AvgIpc) is 2.59. The highest BCUT2D eigenvalue weighted by Gasteiger charge is 2.21. The quantitative estimate of drug-likeness (QED) is 0.379. The van der Waals surface area contributed by atoms with E-state index in [-0.39, 0.29) is 0 Å². The van der Waals surface area contributed by atoms with Gasteiger partial charge in [0.15, 0.2) is 0 Å². The maximum Gasteiger partial charge on any atom is 0.0406 e. The zero-order valence-electron chi connectivity index (χ0n) is 15.0. The predicted octanol–water partition coefficient (Wildman–Crippen LogP) is 8.14. The number of rotatable bonds is 10. The van der Waals surface area contributed by atoms with Crippen LogP contribution in [0, 0.1) is 5.92 Å². The Morgan fingerprint density at radius 3 is 1.96 bits per heavy atom. The molecule has 23 heavy (non-hydrogen) atoms. The van der Waals surface area contributed by atoms with Crippen LogP contribution in [-0.2, 0) is 0 Å². The van der Waals surface area contributed by atoms with Crippen LogP contribution in [0.2, 0.25) is 5.02 Å². The van der Waals surface area contributed by atoms with Crippen molar-refractivity contribution in [2.45, 2.75) is 96.3 Å². The van der Waals surface area contributed by atoms with E-state index < -0.39 is 0 Å². The Kier molecular flexibility index (Phi) is 9.12. The molecule has 1 saturated carbocycles. The minimum Gasteiger partial charge on any atom is -0.0843 e. The summed E-state index contributed by atoms with van der Waals surface area (Å²) in [7, 11) is 0. The van der Waals surface area contributed by atoms with Gasteiger partial charge < -0.3 is 0 Å². The molecular weight excluding hydrogens is 300 g/mol. The van der Waals surface area contributed by atoms with Crippen molar-refractivity contribution in [3.05, 3.63) is 34.9 Å². The summed E-state index contributed by atoms with van der Waals surface area (Å²) < 4.78 is 0. The maximum absolute atomic E-state index is 5.99. The Labute approximate surface area is 149 Å². The van der Waals surface area contributed by atoms with Crippen molar-refractivity contribution >= 4 is 11.6 Å². The molecule has 1 aliphatic rings. The molecule has 1 aromatic carbocycles. The van der Waals surface area contributed by atoms with E-state index in [2.05, 4.69) is 19.1 Å². The van der Waals surface area contributed by atoms with E-state index in [1.807, 2.05) is 12.1 Å². The molecule has 1 aromatic rings. The number of benzene rings is 1. The molecule has 1 heteroatoms. The van der Waals surface area contributed by atoms with Crippen LogP contribution >= 0.6 is 11.6 Å². The Hall–Kier alpha value is -0.490. The third-order valence-corrected chi connectivity index (χ3v) is 5.91. The van der Waals surface area contributed by atoms with E-state index in [1.165, 1.54) is 89.0 Å². The van der Waals surface area contributed by atoms with Crippen LogP contribution in [0.15, 0.2) is 24.3 Å². The first-order chi connectivity index (χ1) is 11.3. The number of hydrogen-bond donors (Lipinski definition) is 0. The highest BCUT2D eigenvalue weighted by Crippen LogP contribution is 2.38. The van der Waals surface area contributed by atoms with E-state index in [4.69, 9.17) is 11.6 Å². The molecule has 0 aliphatic heterocycles. The van der Waals surface area contributed by atoms with Crippen LogP contribution in [0.25, 0.3) is 0 Å². The van der Waals surface area contributed by atoms with Gasteiger partial charge in [-0.2, -0.15) is 0 Å². The summed E-state index contributed by atoms with van der Waals surface area (Å²) in [6.07, 6.45) is 18.6. The number of hydrogen-bond acceptors (Lipinski definition) is 0. The lowest BCUT2D eigenvalue weighted by Crippen LogP contribution is -2.13. The molecule has 0 bridgehead atoms. The van der Waals surface area contributed by atoms with Crippen LogP contribution in [0.3, 0.4) is 0 Å². The highest BCUT2D eigenvalue weighted by atomic mass is 35.5. The summed E-state index contributed by atoms with van der Waals surface area (Å²) in [4.78, 5) is 0. The minimum absolute atomic E-state index is 0.780. The molecule has 0 aromatic heterocycles. The lowest BCUT2D eigenvalue weighted by atomic mass is 9.77. The molecule has 0 nitrogen and oxygen atoms in total. The molecule has 0 heterocycles. The molecule has 0 saturated heterocycles. The van der Waals surface area contributed by atoms with Gasteiger partial charge in [0, 0.05) is 5.02 Å². The zero-order chi connectivity index (χ0) is 16.3. The molecule has 1 fully saturated rings. The van der Waals surface area contributed by atoms with Crippen molar-refractivity contribution in [1.82, 2.24) is 0 Å². The molecular formula is C22H35Cl. The van der Waals surface area contributed by atoms with Gasteiger partial charge in [0.05, 0.1) is 0 Å². The van der Waals surface area contributed by atoms with Crippen molar-refractivity contribution in [3.63, 3.8) is 0 Å². The van der Waals surface area contributed by atoms with Crippen LogP contribution in [0.4, 0.5) is 0 Å². The topological polar surface area (TPSA) is 0 Å². The molecule has 2 rings (SSSR count). The van der Waals surface area contributed by atoms with Crippen molar-refractivity contribution in [3.8, 4) is 0 Å². The van der Waals surface area contributed by atoms with Gasteiger partial charge in [0.2, 0.25) is 0 Å². The Morgan fingerprint density at radius 2 is 1.35 bits per heavy atom. The maximum atomic E-state index is 5.99. The van der Waals surface area contributed by atoms with Crippen molar-refractivity contribution in [2.75, 3.05) is 0 Å². The molecule has 0 atom stereocenters. The highest BCUT2D eigenvalue weighted by molar-refractivity contribution is 6.30. The van der Waals surface area contributed by atoms with Gasteiger partial charge in [-0.05, 0) is 55.2 Å². The molecule has 0 amide bonds. The fourth-order valence-corrected chi connectivity index (χ4v) is 4.21. The SMILES string of the molecule is CCCCCCCCCCC1CCC(c2ccc(Cl)cc2)CC1. The minimum atomic E-state index is 0.780. The Morgan fingerprint density at radius 1 is 0.783 bits per heavy atom. The number of unbranched alkanes of at least 4 members (excludes halogenated alkanes) is 7. The molecule has 1 aliphatic carbocycles. The third kappa shape index (κ3) is 7.29. The molecule has 130 valence electrons. The van der Waals surface area contributed by atoms with Crippen LogP contribution in [0.5, 0.6) is 0 Å². The van der Waals surface area contributed by atoms with Gasteiger partial charge in [-0.1, -0.05) is 88.4 Å². The summed E-state index contributed by atoms with van der Waals surface area (Å²) in [5.74, 6) is 1.78. The average molecular weight is 335 g/mol. The second-order valence-electron chi connectivity index (χ2n) is 7.53. The van der Waals surface area contributed by atoms with Gasteiger partial charge in [-0.3, -0.25) is 0 Å². The largest absolute Gasteiger partial charge is 0.0843 e. The first-order valence-corrected chi connectivity index (χ1v) is 10.4. The van der Waals surface area contributed by atoms with Crippen molar-refractivity contribution < 1.29 is 0 Å². The Balaban J connectivity index is 1.52. The zero-order valence-corrected chi connectivity index (χ0v) is 15.8. The summed E-state index contributed by atoms with van der Waals surface area (Å²) in [5.41, 5.74) is 1.50. The normalized spacial score (nSPS) is 21.5. The molecule has 0 radical (unpaired) electrons. The predicted molar refractivity (Wildman–Crippen MR) is 103 cm³/mol. The summed E-state index contributed by atoms with van der Waals surface area (Å²) in [5, 5.41) is 0.858. The van der Waals surface area contributed by atoms with Gasteiger partial charge in [0.1, 0.15) is 0 Å². The van der Waals surface area contributed by atoms with Crippen molar-refractivity contribution in [1.29, 1.82) is 0 Å². The molecule has 0 unspecified atom stereocenters. The second-order valence-corrected chi connectivity index (χ2v) is 7.97. The van der Waals surface area contributed by atoms with Gasteiger partial charge in [-0.15, -0.1) is 0 Å². The Bertz CT molecular complexity index is 400. The molecule has 0 N–H and O–H groups in total.